The minimum atomic E-state index is -1.02. The second-order valence-electron chi connectivity index (χ2n) is 3.05. The number of aliphatic carboxylic acids is 1. The van der Waals surface area contributed by atoms with E-state index < -0.39 is 5.97 Å². The second kappa shape index (κ2) is 4.15. The lowest BCUT2D eigenvalue weighted by Gasteiger charge is -1.99. The molecule has 0 radical (unpaired) electrons. The Bertz CT molecular complexity index is 590. The highest BCUT2D eigenvalue weighted by molar-refractivity contribution is 6.36. The molecule has 0 fully saturated rings. The number of hydrogen-bond acceptors (Lipinski definition) is 2. The minimum absolute atomic E-state index is 0.419. The van der Waals surface area contributed by atoms with E-state index in [4.69, 9.17) is 28.3 Å². The quantitative estimate of drug-likeness (QED) is 0.841. The molecule has 6 heteroatoms. The van der Waals surface area contributed by atoms with Gasteiger partial charge in [0.1, 0.15) is 0 Å². The van der Waals surface area contributed by atoms with Gasteiger partial charge in [-0.2, -0.15) is 0 Å². The third kappa shape index (κ3) is 2.03. The van der Waals surface area contributed by atoms with Crippen LogP contribution in [0.1, 0.15) is 5.69 Å². The van der Waals surface area contributed by atoms with Gasteiger partial charge in [0.25, 0.3) is 0 Å². The van der Waals surface area contributed by atoms with Crippen molar-refractivity contribution in [3.63, 3.8) is 0 Å². The number of imidazole rings is 1. The first kappa shape index (κ1) is 11.0. The van der Waals surface area contributed by atoms with Crippen LogP contribution in [-0.2, 0) is 4.79 Å². The Morgan fingerprint density at radius 1 is 1.50 bits per heavy atom. The minimum Gasteiger partial charge on any atom is -0.478 e. The first-order valence-electron chi connectivity index (χ1n) is 4.31. The number of pyridine rings is 1. The number of rotatable bonds is 2. The van der Waals surface area contributed by atoms with Crippen LogP contribution in [0.3, 0.4) is 0 Å². The molecule has 0 aliphatic rings. The number of carboxylic acids is 1. The average molecular weight is 257 g/mol. The van der Waals surface area contributed by atoms with E-state index in [2.05, 4.69) is 4.98 Å². The maximum absolute atomic E-state index is 10.4. The summed E-state index contributed by atoms with van der Waals surface area (Å²) in [6, 6.07) is 1.58. The molecule has 0 bridgehead atoms. The third-order valence-corrected chi connectivity index (χ3v) is 2.44. The summed E-state index contributed by atoms with van der Waals surface area (Å²) in [5, 5.41) is 9.40. The van der Waals surface area contributed by atoms with Crippen molar-refractivity contribution in [2.75, 3.05) is 0 Å². The van der Waals surface area contributed by atoms with Crippen molar-refractivity contribution in [3.8, 4) is 0 Å². The van der Waals surface area contributed by atoms with Gasteiger partial charge in [-0.15, -0.1) is 0 Å². The van der Waals surface area contributed by atoms with E-state index in [-0.39, 0.29) is 0 Å². The van der Waals surface area contributed by atoms with Gasteiger partial charge in [0.05, 0.1) is 21.9 Å². The molecule has 0 aromatic carbocycles. The van der Waals surface area contributed by atoms with Gasteiger partial charge >= 0.3 is 5.97 Å². The van der Waals surface area contributed by atoms with Crippen LogP contribution in [0.2, 0.25) is 10.0 Å². The fourth-order valence-electron chi connectivity index (χ4n) is 1.31. The van der Waals surface area contributed by atoms with E-state index in [0.717, 1.165) is 6.08 Å². The molecule has 82 valence electrons. The van der Waals surface area contributed by atoms with E-state index in [1.807, 2.05) is 0 Å². The highest BCUT2D eigenvalue weighted by Gasteiger charge is 2.06. The zero-order valence-electron chi connectivity index (χ0n) is 7.89. The predicted octanol–water partition coefficient (Wildman–Crippen LogP) is 2.74. The molecule has 0 aliphatic heterocycles. The molecule has 0 spiro atoms. The Hall–Kier alpha value is -1.52. The van der Waals surface area contributed by atoms with Crippen LogP contribution in [0.25, 0.3) is 11.7 Å². The lowest BCUT2D eigenvalue weighted by molar-refractivity contribution is -0.131. The maximum atomic E-state index is 10.4. The van der Waals surface area contributed by atoms with Crippen molar-refractivity contribution in [1.29, 1.82) is 0 Å². The number of aromatic nitrogens is 2. The number of halogens is 2. The summed E-state index contributed by atoms with van der Waals surface area (Å²) in [5.74, 6) is -1.02. The van der Waals surface area contributed by atoms with E-state index in [9.17, 15) is 4.79 Å². The molecule has 4 nitrogen and oxygen atoms in total. The SMILES string of the molecule is O=C(O)/C=C/c1cnc2c(Cl)cc(Cl)cn12. The Balaban J connectivity index is 2.60. The lowest BCUT2D eigenvalue weighted by Crippen LogP contribution is -1.90. The highest BCUT2D eigenvalue weighted by atomic mass is 35.5. The topological polar surface area (TPSA) is 54.6 Å². The summed E-state index contributed by atoms with van der Waals surface area (Å²) >= 11 is 11.8. The van der Waals surface area contributed by atoms with E-state index in [0.29, 0.717) is 21.4 Å². The molecule has 0 amide bonds. The third-order valence-electron chi connectivity index (χ3n) is 1.95. The zero-order chi connectivity index (χ0) is 11.7. The van der Waals surface area contributed by atoms with E-state index >= 15 is 0 Å². The molecule has 0 unspecified atom stereocenters. The molecule has 2 heterocycles. The Kier molecular flexibility index (Phi) is 2.85. The molecule has 0 saturated heterocycles. The van der Waals surface area contributed by atoms with Gasteiger partial charge in [0.15, 0.2) is 5.65 Å². The van der Waals surface area contributed by atoms with Gasteiger partial charge in [-0.1, -0.05) is 23.2 Å². The summed E-state index contributed by atoms with van der Waals surface area (Å²) < 4.78 is 1.63. The Labute approximate surface area is 101 Å². The van der Waals surface area contributed by atoms with Crippen molar-refractivity contribution < 1.29 is 9.90 Å². The monoisotopic (exact) mass is 256 g/mol. The second-order valence-corrected chi connectivity index (χ2v) is 3.90. The molecule has 0 aliphatic carbocycles. The first-order chi connectivity index (χ1) is 7.58. The molecule has 2 rings (SSSR count). The van der Waals surface area contributed by atoms with Crippen molar-refractivity contribution in [3.05, 3.63) is 40.3 Å². The lowest BCUT2D eigenvalue weighted by atomic mass is 10.4. The first-order valence-corrected chi connectivity index (χ1v) is 5.06. The zero-order valence-corrected chi connectivity index (χ0v) is 9.40. The van der Waals surface area contributed by atoms with Gasteiger partial charge < -0.3 is 5.11 Å². The van der Waals surface area contributed by atoms with Crippen LogP contribution >= 0.6 is 23.2 Å². The van der Waals surface area contributed by atoms with Crippen molar-refractivity contribution in [1.82, 2.24) is 9.38 Å². The highest BCUT2D eigenvalue weighted by Crippen LogP contribution is 2.22. The van der Waals surface area contributed by atoms with Crippen LogP contribution in [0.4, 0.5) is 0 Å². The largest absolute Gasteiger partial charge is 0.478 e. The summed E-state index contributed by atoms with van der Waals surface area (Å²) in [4.78, 5) is 14.5. The van der Waals surface area contributed by atoms with Crippen LogP contribution < -0.4 is 0 Å². The molecular weight excluding hydrogens is 251 g/mol. The van der Waals surface area contributed by atoms with Crippen LogP contribution in [0.15, 0.2) is 24.5 Å². The van der Waals surface area contributed by atoms with Crippen LogP contribution in [-0.4, -0.2) is 20.5 Å². The molecule has 1 N–H and O–H groups in total. The number of carbonyl (C=O) groups is 1. The van der Waals surface area contributed by atoms with Gasteiger partial charge in [0.2, 0.25) is 0 Å². The van der Waals surface area contributed by atoms with E-state index in [1.54, 1.807) is 16.7 Å². The van der Waals surface area contributed by atoms with Crippen molar-refractivity contribution >= 4 is 40.9 Å². The summed E-state index contributed by atoms with van der Waals surface area (Å²) in [6.45, 7) is 0. The number of fused-ring (bicyclic) bond motifs is 1. The summed E-state index contributed by atoms with van der Waals surface area (Å²) in [6.07, 6.45) is 5.60. The summed E-state index contributed by atoms with van der Waals surface area (Å²) in [5.41, 5.74) is 1.14. The maximum Gasteiger partial charge on any atom is 0.328 e. The van der Waals surface area contributed by atoms with Crippen LogP contribution in [0.5, 0.6) is 0 Å². The summed E-state index contributed by atoms with van der Waals surface area (Å²) in [7, 11) is 0. The van der Waals surface area contributed by atoms with E-state index in [1.165, 1.54) is 12.3 Å². The molecule has 0 saturated carbocycles. The number of nitrogens with zero attached hydrogens (tertiary/aromatic N) is 2. The fraction of sp³-hybridized carbons (Fsp3) is 0. The molecular formula is C10H6Cl2N2O2. The molecule has 2 aromatic heterocycles. The number of hydrogen-bond donors (Lipinski definition) is 1. The normalized spacial score (nSPS) is 11.4. The van der Waals surface area contributed by atoms with Gasteiger partial charge in [0, 0.05) is 12.3 Å². The van der Waals surface area contributed by atoms with Gasteiger partial charge in [-0.3, -0.25) is 4.40 Å². The Morgan fingerprint density at radius 2 is 2.25 bits per heavy atom. The smallest absolute Gasteiger partial charge is 0.328 e. The van der Waals surface area contributed by atoms with Crippen LogP contribution in [0, 0.1) is 0 Å². The Morgan fingerprint density at radius 3 is 2.94 bits per heavy atom. The van der Waals surface area contributed by atoms with Crippen molar-refractivity contribution in [2.45, 2.75) is 0 Å². The molecule has 16 heavy (non-hydrogen) atoms. The van der Waals surface area contributed by atoms with Crippen molar-refractivity contribution in [2.24, 2.45) is 0 Å². The van der Waals surface area contributed by atoms with Gasteiger partial charge in [-0.05, 0) is 12.1 Å². The molecule has 2 aromatic rings. The standard InChI is InChI=1S/C10H6Cl2N2O2/c11-6-3-8(12)10-13-4-7(14(10)5-6)1-2-9(15)16/h1-5H,(H,15,16)/b2-1+. The number of carboxylic acid groups (broad SMARTS) is 1. The molecule has 0 atom stereocenters. The van der Waals surface area contributed by atoms with Gasteiger partial charge in [-0.25, -0.2) is 9.78 Å². The predicted molar refractivity (Wildman–Crippen MR) is 61.9 cm³/mol. The fourth-order valence-corrected chi connectivity index (χ4v) is 1.83. The average Bonchev–Trinajstić information content (AvgIpc) is 2.58.